The molecule has 0 aliphatic heterocycles. The molecule has 1 rings (SSSR count). The summed E-state index contributed by atoms with van der Waals surface area (Å²) in [5, 5.41) is 0. The van der Waals surface area contributed by atoms with Crippen LogP contribution in [0.25, 0.3) is 0 Å². The number of rotatable bonds is 2. The van der Waals surface area contributed by atoms with Crippen molar-refractivity contribution in [3.63, 3.8) is 0 Å². The minimum Gasteiger partial charge on any atom is -0.348 e. The lowest BCUT2D eigenvalue weighted by atomic mass is 10.5. The quantitative estimate of drug-likeness (QED) is 0.583. The fourth-order valence-electron chi connectivity index (χ4n) is 0.463. The molecule has 1 N–H and O–H groups in total. The molecule has 41 valence electrons. The second kappa shape index (κ2) is 2.26. The van der Waals surface area contributed by atoms with Gasteiger partial charge in [-0.15, -0.1) is 0 Å². The number of H-pyrrole nitrogens is 1. The van der Waals surface area contributed by atoms with Gasteiger partial charge in [0, 0.05) is 12.4 Å². The van der Waals surface area contributed by atoms with E-state index in [2.05, 4.69) is 9.97 Å². The molecule has 0 saturated heterocycles. The van der Waals surface area contributed by atoms with Crippen LogP contribution in [0.1, 0.15) is 5.82 Å². The van der Waals surface area contributed by atoms with E-state index in [4.69, 9.17) is 0 Å². The summed E-state index contributed by atoms with van der Waals surface area (Å²) in [6.07, 6.45) is 5.26. The monoisotopic (exact) mass is 109 g/mol. The molecule has 0 aliphatic carbocycles. The van der Waals surface area contributed by atoms with Crippen LogP contribution >= 0.6 is 0 Å². The van der Waals surface area contributed by atoms with Crippen LogP contribution in [0.5, 0.6) is 0 Å². The van der Waals surface area contributed by atoms with Crippen molar-refractivity contribution in [2.45, 2.75) is 6.42 Å². The van der Waals surface area contributed by atoms with Crippen molar-refractivity contribution in [1.29, 1.82) is 0 Å². The highest BCUT2D eigenvalue weighted by atomic mass is 16.1. The van der Waals surface area contributed by atoms with Crippen molar-refractivity contribution in [1.82, 2.24) is 9.97 Å². The van der Waals surface area contributed by atoms with Crippen LogP contribution in [-0.2, 0) is 11.2 Å². The minimum absolute atomic E-state index is 0.257. The third kappa shape index (κ3) is 0.932. The molecule has 1 radical (unpaired) electrons. The number of nitrogens with one attached hydrogen (secondary N) is 1. The molecule has 1 heterocycles. The van der Waals surface area contributed by atoms with Crippen molar-refractivity contribution in [3.8, 4) is 0 Å². The average Bonchev–Trinajstić information content (AvgIpc) is 2.19. The third-order valence-corrected chi connectivity index (χ3v) is 0.794. The van der Waals surface area contributed by atoms with E-state index in [0.29, 0.717) is 5.82 Å². The molecule has 0 atom stereocenters. The summed E-state index contributed by atoms with van der Waals surface area (Å²) >= 11 is 0. The molecular formula is C5H5N2O. The normalized spacial score (nSPS) is 9.00. The standard InChI is InChI=1S/C5H5N2O/c8-4-1-5-6-2-3-7-5/h2-3H,1H2,(H,6,7). The van der Waals surface area contributed by atoms with Gasteiger partial charge in [0.05, 0.1) is 6.42 Å². The van der Waals surface area contributed by atoms with Crippen molar-refractivity contribution in [2.24, 2.45) is 0 Å². The first-order chi connectivity index (χ1) is 3.93. The van der Waals surface area contributed by atoms with Crippen LogP contribution in [0.4, 0.5) is 0 Å². The van der Waals surface area contributed by atoms with Gasteiger partial charge < -0.3 is 4.98 Å². The molecule has 0 aliphatic rings. The zero-order valence-corrected chi connectivity index (χ0v) is 4.22. The Labute approximate surface area is 46.8 Å². The first-order valence-corrected chi connectivity index (χ1v) is 2.27. The van der Waals surface area contributed by atoms with E-state index >= 15 is 0 Å². The predicted molar refractivity (Wildman–Crippen MR) is 28.0 cm³/mol. The topological polar surface area (TPSA) is 45.8 Å². The Morgan fingerprint density at radius 1 is 1.88 bits per heavy atom. The highest BCUT2D eigenvalue weighted by Gasteiger charge is 1.88. The number of hydrogen-bond acceptors (Lipinski definition) is 2. The van der Waals surface area contributed by atoms with Gasteiger partial charge in [-0.05, 0) is 0 Å². The summed E-state index contributed by atoms with van der Waals surface area (Å²) in [5.41, 5.74) is 0. The molecule has 0 saturated carbocycles. The number of carbonyl (C=O) groups excluding carboxylic acids is 1. The first-order valence-electron chi connectivity index (χ1n) is 2.27. The van der Waals surface area contributed by atoms with Crippen LogP contribution in [0, 0.1) is 0 Å². The van der Waals surface area contributed by atoms with Gasteiger partial charge in [-0.1, -0.05) is 0 Å². The number of aromatic amines is 1. The largest absolute Gasteiger partial charge is 0.348 e. The van der Waals surface area contributed by atoms with Gasteiger partial charge in [0.25, 0.3) is 0 Å². The Balaban J connectivity index is 2.62. The Kier molecular flexibility index (Phi) is 1.42. The molecule has 0 amide bonds. The van der Waals surface area contributed by atoms with Gasteiger partial charge in [-0.3, -0.25) is 4.79 Å². The molecule has 1 aromatic heterocycles. The zero-order valence-electron chi connectivity index (χ0n) is 4.22. The second-order valence-electron chi connectivity index (χ2n) is 1.36. The molecule has 0 unspecified atom stereocenters. The molecule has 0 bridgehead atoms. The van der Waals surface area contributed by atoms with Crippen LogP contribution in [0.2, 0.25) is 0 Å². The Hall–Kier alpha value is -1.12. The summed E-state index contributed by atoms with van der Waals surface area (Å²) in [7, 11) is 0. The van der Waals surface area contributed by atoms with E-state index in [1.54, 1.807) is 18.7 Å². The lowest BCUT2D eigenvalue weighted by molar-refractivity contribution is 0.554. The molecule has 0 spiro atoms. The summed E-state index contributed by atoms with van der Waals surface area (Å²) < 4.78 is 0. The van der Waals surface area contributed by atoms with E-state index in [9.17, 15) is 4.79 Å². The van der Waals surface area contributed by atoms with E-state index in [1.165, 1.54) is 0 Å². The van der Waals surface area contributed by atoms with Gasteiger partial charge in [0.1, 0.15) is 5.82 Å². The Morgan fingerprint density at radius 3 is 3.25 bits per heavy atom. The van der Waals surface area contributed by atoms with E-state index < -0.39 is 0 Å². The smallest absolute Gasteiger partial charge is 0.206 e. The zero-order chi connectivity index (χ0) is 5.82. The maximum Gasteiger partial charge on any atom is 0.206 e. The van der Waals surface area contributed by atoms with Crippen LogP contribution in [0.3, 0.4) is 0 Å². The third-order valence-electron chi connectivity index (χ3n) is 0.794. The maximum atomic E-state index is 9.69. The molecule has 0 fully saturated rings. The fourth-order valence-corrected chi connectivity index (χ4v) is 0.463. The predicted octanol–water partition coefficient (Wildman–Crippen LogP) is 0.0619. The minimum atomic E-state index is 0.257. The van der Waals surface area contributed by atoms with Crippen molar-refractivity contribution >= 4 is 6.29 Å². The molecule has 0 aromatic carbocycles. The summed E-state index contributed by atoms with van der Waals surface area (Å²) in [6.45, 7) is 0. The maximum absolute atomic E-state index is 9.69. The highest BCUT2D eigenvalue weighted by molar-refractivity contribution is 5.53. The van der Waals surface area contributed by atoms with Gasteiger partial charge in [-0.2, -0.15) is 0 Å². The molecular weight excluding hydrogens is 104 g/mol. The SMILES string of the molecule is O=[C]Cc1ncc[nH]1. The second-order valence-corrected chi connectivity index (χ2v) is 1.36. The number of aromatic nitrogens is 2. The van der Waals surface area contributed by atoms with Crippen molar-refractivity contribution in [3.05, 3.63) is 18.2 Å². The van der Waals surface area contributed by atoms with E-state index in [-0.39, 0.29) is 6.42 Å². The van der Waals surface area contributed by atoms with Crippen molar-refractivity contribution in [2.75, 3.05) is 0 Å². The lowest BCUT2D eigenvalue weighted by Gasteiger charge is -1.78. The fraction of sp³-hybridized carbons (Fsp3) is 0.200. The number of nitrogens with zero attached hydrogens (tertiary/aromatic N) is 1. The van der Waals surface area contributed by atoms with Gasteiger partial charge >= 0.3 is 0 Å². The molecule has 1 aromatic rings. The summed E-state index contributed by atoms with van der Waals surface area (Å²) in [5.74, 6) is 0.667. The summed E-state index contributed by atoms with van der Waals surface area (Å²) in [4.78, 5) is 16.2. The summed E-state index contributed by atoms with van der Waals surface area (Å²) in [6, 6.07) is 0. The molecule has 3 nitrogen and oxygen atoms in total. The highest BCUT2D eigenvalue weighted by Crippen LogP contribution is 1.84. The molecule has 8 heavy (non-hydrogen) atoms. The molecule has 3 heteroatoms. The Bertz CT molecular complexity index is 157. The van der Waals surface area contributed by atoms with Crippen LogP contribution < -0.4 is 0 Å². The number of hydrogen-bond donors (Lipinski definition) is 1. The van der Waals surface area contributed by atoms with Crippen LogP contribution in [-0.4, -0.2) is 16.3 Å². The van der Waals surface area contributed by atoms with Crippen LogP contribution in [0.15, 0.2) is 12.4 Å². The van der Waals surface area contributed by atoms with Crippen molar-refractivity contribution < 1.29 is 4.79 Å². The number of imidazole rings is 1. The van der Waals surface area contributed by atoms with E-state index in [1.807, 2.05) is 0 Å². The van der Waals surface area contributed by atoms with Gasteiger partial charge in [-0.25, -0.2) is 4.98 Å². The lowest BCUT2D eigenvalue weighted by Crippen LogP contribution is -1.86. The Morgan fingerprint density at radius 2 is 2.75 bits per heavy atom. The first kappa shape index (κ1) is 5.03. The average molecular weight is 109 g/mol. The van der Waals surface area contributed by atoms with Gasteiger partial charge in [0.15, 0.2) is 0 Å². The van der Waals surface area contributed by atoms with E-state index in [0.717, 1.165) is 0 Å². The van der Waals surface area contributed by atoms with Gasteiger partial charge in [0.2, 0.25) is 6.29 Å².